The molecule has 0 atom stereocenters. The van der Waals surface area contributed by atoms with Crippen LogP contribution < -0.4 is 0 Å². The molecule has 0 aliphatic heterocycles. The Labute approximate surface area is 59.5 Å². The first kappa shape index (κ1) is 7.77. The summed E-state index contributed by atoms with van der Waals surface area (Å²) in [6.45, 7) is 0. The van der Waals surface area contributed by atoms with Crippen LogP contribution in [-0.2, 0) is 6.18 Å². The van der Waals surface area contributed by atoms with Crippen LogP contribution in [0.5, 0.6) is 6.01 Å². The average molecular weight is 164 g/mol. The van der Waals surface area contributed by atoms with Crippen molar-refractivity contribution in [3.05, 3.63) is 18.0 Å². The second-order valence-electron chi connectivity index (χ2n) is 1.77. The van der Waals surface area contributed by atoms with Crippen LogP contribution in [0.25, 0.3) is 0 Å². The lowest BCUT2D eigenvalue weighted by atomic mass is 10.3. The minimum atomic E-state index is -4.45. The molecule has 11 heavy (non-hydrogen) atoms. The summed E-state index contributed by atoms with van der Waals surface area (Å²) >= 11 is 0. The Hall–Kier alpha value is -1.33. The van der Waals surface area contributed by atoms with E-state index in [1.165, 1.54) is 0 Å². The van der Waals surface area contributed by atoms with Gasteiger partial charge < -0.3 is 5.11 Å². The molecule has 0 aliphatic carbocycles. The second kappa shape index (κ2) is 2.37. The topological polar surface area (TPSA) is 46.0 Å². The van der Waals surface area contributed by atoms with Crippen LogP contribution in [0.2, 0.25) is 0 Å². The number of hydrogen-bond acceptors (Lipinski definition) is 3. The summed E-state index contributed by atoms with van der Waals surface area (Å²) in [4.78, 5) is 5.94. The fraction of sp³-hybridized carbons (Fsp3) is 0.200. The van der Waals surface area contributed by atoms with Gasteiger partial charge in [-0.05, 0) is 0 Å². The minimum Gasteiger partial charge on any atom is -0.479 e. The molecule has 0 spiro atoms. The maximum atomic E-state index is 11.8. The molecule has 0 unspecified atom stereocenters. The summed E-state index contributed by atoms with van der Waals surface area (Å²) in [6, 6.07) is -0.669. The van der Waals surface area contributed by atoms with Crippen molar-refractivity contribution in [3.8, 4) is 6.01 Å². The highest BCUT2D eigenvalue weighted by molar-refractivity contribution is 5.10. The molecule has 60 valence electrons. The Bertz CT molecular complexity index is 243. The highest BCUT2D eigenvalue weighted by Gasteiger charge is 2.31. The van der Waals surface area contributed by atoms with Crippen LogP contribution in [0.3, 0.4) is 0 Å². The van der Waals surface area contributed by atoms with Gasteiger partial charge in [0.15, 0.2) is 0 Å². The van der Waals surface area contributed by atoms with Crippen LogP contribution in [0, 0.1) is 0 Å². The van der Waals surface area contributed by atoms with E-state index in [0.29, 0.717) is 12.4 Å². The zero-order valence-corrected chi connectivity index (χ0v) is 5.13. The van der Waals surface area contributed by atoms with Gasteiger partial charge in [0.2, 0.25) is 0 Å². The normalized spacial score (nSPS) is 11.5. The summed E-state index contributed by atoms with van der Waals surface area (Å²) < 4.78 is 35.3. The molecular weight excluding hydrogens is 161 g/mol. The van der Waals surface area contributed by atoms with Crippen LogP contribution in [0.4, 0.5) is 13.2 Å². The van der Waals surface area contributed by atoms with Crippen LogP contribution in [0.15, 0.2) is 12.4 Å². The van der Waals surface area contributed by atoms with Crippen molar-refractivity contribution < 1.29 is 18.3 Å². The molecule has 0 aliphatic rings. The number of aromatic nitrogens is 2. The van der Waals surface area contributed by atoms with Crippen LogP contribution in [-0.4, -0.2) is 15.1 Å². The summed E-state index contributed by atoms with van der Waals surface area (Å²) in [7, 11) is 0. The van der Waals surface area contributed by atoms with E-state index in [4.69, 9.17) is 5.11 Å². The van der Waals surface area contributed by atoms with Gasteiger partial charge in [0.05, 0.1) is 5.56 Å². The highest BCUT2D eigenvalue weighted by atomic mass is 19.4. The van der Waals surface area contributed by atoms with Crippen molar-refractivity contribution in [2.45, 2.75) is 6.18 Å². The van der Waals surface area contributed by atoms with E-state index in [9.17, 15) is 13.2 Å². The van der Waals surface area contributed by atoms with Crippen molar-refractivity contribution >= 4 is 0 Å². The van der Waals surface area contributed by atoms with Crippen molar-refractivity contribution in [2.75, 3.05) is 0 Å². The summed E-state index contributed by atoms with van der Waals surface area (Å²) in [6.07, 6.45) is -3.42. The number of hydrogen-bond donors (Lipinski definition) is 1. The van der Waals surface area contributed by atoms with Crippen LogP contribution in [0.1, 0.15) is 5.56 Å². The minimum absolute atomic E-state index is 0.516. The summed E-state index contributed by atoms with van der Waals surface area (Å²) in [5, 5.41) is 8.43. The molecule has 0 saturated carbocycles. The van der Waals surface area contributed by atoms with E-state index in [0.717, 1.165) is 0 Å². The van der Waals surface area contributed by atoms with E-state index >= 15 is 0 Å². The van der Waals surface area contributed by atoms with Crippen molar-refractivity contribution in [1.82, 2.24) is 9.97 Å². The second-order valence-corrected chi connectivity index (χ2v) is 1.77. The SMILES string of the molecule is Oc1ncc(C(F)(F)F)cn1. The third-order valence-corrected chi connectivity index (χ3v) is 0.966. The quantitative estimate of drug-likeness (QED) is 0.626. The predicted molar refractivity (Wildman–Crippen MR) is 28.7 cm³/mol. The van der Waals surface area contributed by atoms with Gasteiger partial charge in [0.1, 0.15) is 0 Å². The number of alkyl halides is 3. The Kier molecular flexibility index (Phi) is 1.67. The van der Waals surface area contributed by atoms with Gasteiger partial charge in [-0.1, -0.05) is 0 Å². The molecule has 1 heterocycles. The molecule has 3 nitrogen and oxygen atoms in total. The maximum Gasteiger partial charge on any atom is 0.419 e. The van der Waals surface area contributed by atoms with Gasteiger partial charge in [-0.25, -0.2) is 9.97 Å². The van der Waals surface area contributed by atoms with E-state index in [2.05, 4.69) is 9.97 Å². The van der Waals surface area contributed by atoms with E-state index in [-0.39, 0.29) is 0 Å². The lowest BCUT2D eigenvalue weighted by Crippen LogP contribution is -2.05. The zero-order chi connectivity index (χ0) is 8.48. The molecular formula is C5H3F3N2O. The van der Waals surface area contributed by atoms with Gasteiger partial charge in [0.25, 0.3) is 0 Å². The fourth-order valence-corrected chi connectivity index (χ4v) is 0.468. The first-order chi connectivity index (χ1) is 5.00. The molecule has 0 aromatic carbocycles. The number of rotatable bonds is 0. The summed E-state index contributed by atoms with van der Waals surface area (Å²) in [5.74, 6) is 0. The predicted octanol–water partition coefficient (Wildman–Crippen LogP) is 1.20. The lowest BCUT2D eigenvalue weighted by molar-refractivity contribution is -0.138. The Morgan fingerprint density at radius 2 is 1.64 bits per heavy atom. The van der Waals surface area contributed by atoms with E-state index in [1.54, 1.807) is 0 Å². The molecule has 0 radical (unpaired) electrons. The van der Waals surface area contributed by atoms with Crippen molar-refractivity contribution in [1.29, 1.82) is 0 Å². The molecule has 1 rings (SSSR count). The van der Waals surface area contributed by atoms with Gasteiger partial charge in [-0.2, -0.15) is 13.2 Å². The molecule has 6 heteroatoms. The van der Waals surface area contributed by atoms with Gasteiger partial charge in [-0.3, -0.25) is 0 Å². The Balaban J connectivity index is 2.99. The van der Waals surface area contributed by atoms with Gasteiger partial charge in [0, 0.05) is 12.4 Å². The first-order valence-corrected chi connectivity index (χ1v) is 2.58. The largest absolute Gasteiger partial charge is 0.479 e. The van der Waals surface area contributed by atoms with Crippen molar-refractivity contribution in [2.24, 2.45) is 0 Å². The Morgan fingerprint density at radius 1 is 1.18 bits per heavy atom. The molecule has 0 bridgehead atoms. The fourth-order valence-electron chi connectivity index (χ4n) is 0.468. The molecule has 1 N–H and O–H groups in total. The molecule has 1 aromatic rings. The lowest BCUT2D eigenvalue weighted by Gasteiger charge is -2.03. The molecule has 0 saturated heterocycles. The highest BCUT2D eigenvalue weighted by Crippen LogP contribution is 2.27. The zero-order valence-electron chi connectivity index (χ0n) is 5.13. The Morgan fingerprint density at radius 3 is 2.00 bits per heavy atom. The monoisotopic (exact) mass is 164 g/mol. The molecule has 0 amide bonds. The number of halogens is 3. The molecule has 0 fully saturated rings. The number of nitrogens with zero attached hydrogens (tertiary/aromatic N) is 2. The number of aromatic hydroxyl groups is 1. The van der Waals surface area contributed by atoms with Gasteiger partial charge >= 0.3 is 12.2 Å². The van der Waals surface area contributed by atoms with Crippen molar-refractivity contribution in [3.63, 3.8) is 0 Å². The van der Waals surface area contributed by atoms with Crippen LogP contribution >= 0.6 is 0 Å². The third-order valence-electron chi connectivity index (χ3n) is 0.966. The maximum absolute atomic E-state index is 11.8. The van der Waals surface area contributed by atoms with E-state index in [1.807, 2.05) is 0 Å². The molecule has 1 aromatic heterocycles. The standard InChI is InChI=1S/C5H3F3N2O/c6-5(7,8)3-1-9-4(11)10-2-3/h1-2H,(H,9,10,11). The smallest absolute Gasteiger partial charge is 0.419 e. The third kappa shape index (κ3) is 1.79. The first-order valence-electron chi connectivity index (χ1n) is 2.58. The summed E-state index contributed by atoms with van der Waals surface area (Å²) in [5.41, 5.74) is -0.977. The van der Waals surface area contributed by atoms with Gasteiger partial charge in [-0.15, -0.1) is 0 Å². The van der Waals surface area contributed by atoms with E-state index < -0.39 is 17.8 Å². The average Bonchev–Trinajstić information content (AvgIpc) is 1.86.